The zero-order valence-corrected chi connectivity index (χ0v) is 13.9. The molecule has 2 atom stereocenters. The normalized spacial score (nSPS) is 26.4. The largest absolute Gasteiger partial charge is 0.291 e. The molecule has 0 N–H and O–H groups in total. The van der Waals surface area contributed by atoms with Gasteiger partial charge >= 0.3 is 0 Å². The minimum absolute atomic E-state index is 0.519. The van der Waals surface area contributed by atoms with Crippen molar-refractivity contribution in [3.05, 3.63) is 16.1 Å². The highest BCUT2D eigenvalue weighted by Crippen LogP contribution is 2.40. The Balaban J connectivity index is 1.76. The van der Waals surface area contributed by atoms with Gasteiger partial charge in [0.2, 0.25) is 0 Å². The van der Waals surface area contributed by atoms with Crippen molar-refractivity contribution >= 4 is 22.9 Å². The third-order valence-corrected chi connectivity index (χ3v) is 6.33. The second kappa shape index (κ2) is 6.76. The van der Waals surface area contributed by atoms with Crippen LogP contribution in [0, 0.1) is 5.92 Å². The van der Waals surface area contributed by atoms with Gasteiger partial charge in [0.1, 0.15) is 5.01 Å². The van der Waals surface area contributed by atoms with Crippen LogP contribution in [0.5, 0.6) is 0 Å². The van der Waals surface area contributed by atoms with Crippen LogP contribution in [0.3, 0.4) is 0 Å². The average molecular weight is 313 g/mol. The van der Waals surface area contributed by atoms with E-state index in [1.54, 1.807) is 11.3 Å². The summed E-state index contributed by atoms with van der Waals surface area (Å²) in [6.07, 6.45) is 9.71. The SMILES string of the molecule is CCC(c1nc(CCl)cs1)N1CCCC1C1CCCC1. The van der Waals surface area contributed by atoms with Crippen LogP contribution >= 0.6 is 22.9 Å². The fourth-order valence-electron chi connectivity index (χ4n) is 4.14. The lowest BCUT2D eigenvalue weighted by atomic mass is 9.95. The molecule has 2 nitrogen and oxygen atoms in total. The molecule has 2 heterocycles. The summed E-state index contributed by atoms with van der Waals surface area (Å²) >= 11 is 7.71. The summed E-state index contributed by atoms with van der Waals surface area (Å²) < 4.78 is 0. The van der Waals surface area contributed by atoms with Gasteiger partial charge in [0, 0.05) is 11.4 Å². The van der Waals surface area contributed by atoms with Crippen molar-refractivity contribution in [2.24, 2.45) is 5.92 Å². The second-order valence-corrected chi connectivity index (χ2v) is 7.38. The molecule has 112 valence electrons. The van der Waals surface area contributed by atoms with Gasteiger partial charge in [0.25, 0.3) is 0 Å². The molecule has 0 amide bonds. The van der Waals surface area contributed by atoms with Crippen LogP contribution in [0.25, 0.3) is 0 Å². The van der Waals surface area contributed by atoms with Crippen molar-refractivity contribution in [3.8, 4) is 0 Å². The molecule has 1 saturated heterocycles. The first-order chi connectivity index (χ1) is 9.83. The summed E-state index contributed by atoms with van der Waals surface area (Å²) in [4.78, 5) is 7.52. The maximum absolute atomic E-state index is 5.91. The van der Waals surface area contributed by atoms with Gasteiger partial charge in [-0.2, -0.15) is 0 Å². The van der Waals surface area contributed by atoms with Gasteiger partial charge in [-0.05, 0) is 44.6 Å². The van der Waals surface area contributed by atoms with E-state index >= 15 is 0 Å². The number of aromatic nitrogens is 1. The molecule has 2 unspecified atom stereocenters. The number of rotatable bonds is 5. The number of thiazole rings is 1. The lowest BCUT2D eigenvalue weighted by Gasteiger charge is -2.34. The summed E-state index contributed by atoms with van der Waals surface area (Å²) in [5, 5.41) is 3.42. The van der Waals surface area contributed by atoms with Crippen molar-refractivity contribution in [1.29, 1.82) is 0 Å². The first-order valence-electron chi connectivity index (χ1n) is 8.09. The van der Waals surface area contributed by atoms with Gasteiger partial charge in [0.15, 0.2) is 0 Å². The zero-order chi connectivity index (χ0) is 13.9. The Morgan fingerprint density at radius 2 is 2.15 bits per heavy atom. The number of hydrogen-bond donors (Lipinski definition) is 0. The smallest absolute Gasteiger partial charge is 0.110 e. The fraction of sp³-hybridized carbons (Fsp3) is 0.812. The Morgan fingerprint density at radius 1 is 1.35 bits per heavy atom. The number of nitrogens with zero attached hydrogens (tertiary/aromatic N) is 2. The highest BCUT2D eigenvalue weighted by molar-refractivity contribution is 7.09. The lowest BCUT2D eigenvalue weighted by Crippen LogP contribution is -2.37. The molecule has 0 bridgehead atoms. The molecule has 1 aliphatic carbocycles. The lowest BCUT2D eigenvalue weighted by molar-refractivity contribution is 0.131. The highest BCUT2D eigenvalue weighted by Gasteiger charge is 2.37. The molecule has 1 aromatic rings. The zero-order valence-electron chi connectivity index (χ0n) is 12.4. The maximum Gasteiger partial charge on any atom is 0.110 e. The summed E-state index contributed by atoms with van der Waals surface area (Å²) in [6.45, 7) is 3.56. The summed E-state index contributed by atoms with van der Waals surface area (Å²) in [5.74, 6) is 1.48. The highest BCUT2D eigenvalue weighted by atomic mass is 35.5. The molecule has 0 aromatic carbocycles. The van der Waals surface area contributed by atoms with Crippen molar-refractivity contribution in [2.45, 2.75) is 69.8 Å². The van der Waals surface area contributed by atoms with Crippen LogP contribution in [0.1, 0.15) is 68.6 Å². The minimum atomic E-state index is 0.519. The standard InChI is InChI=1S/C16H25ClN2S/c1-2-14(16-18-13(10-17)11-20-16)19-9-5-8-15(19)12-6-3-4-7-12/h11-12,14-15H,2-10H2,1H3. The van der Waals surface area contributed by atoms with E-state index in [4.69, 9.17) is 16.6 Å². The number of likely N-dealkylation sites (tertiary alicyclic amines) is 1. The molecule has 2 fully saturated rings. The molecular weight excluding hydrogens is 288 g/mol. The van der Waals surface area contributed by atoms with E-state index in [1.165, 1.54) is 56.5 Å². The van der Waals surface area contributed by atoms with Gasteiger partial charge in [-0.25, -0.2) is 4.98 Å². The fourth-order valence-corrected chi connectivity index (χ4v) is 5.39. The Kier molecular flexibility index (Phi) is 5.00. The Morgan fingerprint density at radius 3 is 2.80 bits per heavy atom. The number of alkyl halides is 1. The second-order valence-electron chi connectivity index (χ2n) is 6.23. The van der Waals surface area contributed by atoms with Gasteiger partial charge in [-0.1, -0.05) is 19.8 Å². The van der Waals surface area contributed by atoms with Crippen LogP contribution in [0.2, 0.25) is 0 Å². The first-order valence-corrected chi connectivity index (χ1v) is 9.51. The molecular formula is C16H25ClN2S. The van der Waals surface area contributed by atoms with E-state index in [-0.39, 0.29) is 0 Å². The topological polar surface area (TPSA) is 16.1 Å². The average Bonchev–Trinajstić information content (AvgIpc) is 3.21. The van der Waals surface area contributed by atoms with E-state index < -0.39 is 0 Å². The summed E-state index contributed by atoms with van der Waals surface area (Å²) in [7, 11) is 0. The molecule has 1 aromatic heterocycles. The van der Waals surface area contributed by atoms with Gasteiger partial charge in [-0.3, -0.25) is 4.90 Å². The van der Waals surface area contributed by atoms with E-state index in [2.05, 4.69) is 17.2 Å². The molecule has 1 aliphatic heterocycles. The Bertz CT molecular complexity index is 428. The van der Waals surface area contributed by atoms with Crippen molar-refractivity contribution in [2.75, 3.05) is 6.54 Å². The maximum atomic E-state index is 5.91. The Labute approximate surface area is 131 Å². The van der Waals surface area contributed by atoms with Gasteiger partial charge in [0.05, 0.1) is 17.6 Å². The Hall–Kier alpha value is -0.120. The van der Waals surface area contributed by atoms with Crippen molar-refractivity contribution in [3.63, 3.8) is 0 Å². The van der Waals surface area contributed by atoms with E-state index in [0.717, 1.165) is 17.7 Å². The minimum Gasteiger partial charge on any atom is -0.291 e. The van der Waals surface area contributed by atoms with E-state index in [1.807, 2.05) is 0 Å². The first kappa shape index (κ1) is 14.8. The number of hydrogen-bond acceptors (Lipinski definition) is 3. The van der Waals surface area contributed by atoms with Crippen molar-refractivity contribution in [1.82, 2.24) is 9.88 Å². The van der Waals surface area contributed by atoms with Gasteiger partial charge in [-0.15, -0.1) is 22.9 Å². The van der Waals surface area contributed by atoms with E-state index in [0.29, 0.717) is 11.9 Å². The molecule has 1 saturated carbocycles. The van der Waals surface area contributed by atoms with Crippen LogP contribution < -0.4 is 0 Å². The third-order valence-electron chi connectivity index (χ3n) is 5.06. The number of halogens is 1. The van der Waals surface area contributed by atoms with Crippen LogP contribution in [-0.4, -0.2) is 22.5 Å². The molecule has 20 heavy (non-hydrogen) atoms. The predicted octanol–water partition coefficient (Wildman–Crippen LogP) is 4.99. The molecule has 0 radical (unpaired) electrons. The molecule has 3 rings (SSSR count). The van der Waals surface area contributed by atoms with Crippen molar-refractivity contribution < 1.29 is 0 Å². The monoisotopic (exact) mass is 312 g/mol. The molecule has 2 aliphatic rings. The van der Waals surface area contributed by atoms with E-state index in [9.17, 15) is 0 Å². The summed E-state index contributed by atoms with van der Waals surface area (Å²) in [6, 6.07) is 1.33. The molecule has 0 spiro atoms. The predicted molar refractivity (Wildman–Crippen MR) is 86.4 cm³/mol. The third kappa shape index (κ3) is 2.90. The summed E-state index contributed by atoms with van der Waals surface area (Å²) in [5.41, 5.74) is 1.04. The van der Waals surface area contributed by atoms with Crippen LogP contribution in [0.4, 0.5) is 0 Å². The quantitative estimate of drug-likeness (QED) is 0.712. The van der Waals surface area contributed by atoms with Gasteiger partial charge < -0.3 is 0 Å². The molecule has 4 heteroatoms. The van der Waals surface area contributed by atoms with Crippen LogP contribution in [0.15, 0.2) is 5.38 Å². The van der Waals surface area contributed by atoms with Crippen LogP contribution in [-0.2, 0) is 5.88 Å².